The zero-order valence-corrected chi connectivity index (χ0v) is 10.4. The lowest BCUT2D eigenvalue weighted by Crippen LogP contribution is -2.47. The third-order valence-corrected chi connectivity index (χ3v) is 2.70. The van der Waals surface area contributed by atoms with Crippen LogP contribution in [0.15, 0.2) is 4.99 Å². The largest absolute Gasteiger partial charge is 0.383 e. The maximum absolute atomic E-state index is 5.53. The second-order valence-electron chi connectivity index (χ2n) is 4.12. The van der Waals surface area contributed by atoms with Gasteiger partial charge in [-0.05, 0) is 19.3 Å². The Balaban J connectivity index is 2.47. The molecular formula is C11H24N4O. The SMILES string of the molecule is CCCCN=C(NN)N(CCOC)C1CC1. The van der Waals surface area contributed by atoms with Crippen molar-refractivity contribution < 1.29 is 4.74 Å². The van der Waals surface area contributed by atoms with Gasteiger partial charge in [-0.25, -0.2) is 5.84 Å². The third-order valence-electron chi connectivity index (χ3n) is 2.70. The molecule has 1 aliphatic rings. The van der Waals surface area contributed by atoms with E-state index >= 15 is 0 Å². The fourth-order valence-electron chi connectivity index (χ4n) is 1.60. The molecule has 1 rings (SSSR count). The number of nitrogens with two attached hydrogens (primary N) is 1. The minimum atomic E-state index is 0.603. The molecule has 0 aromatic rings. The van der Waals surface area contributed by atoms with Gasteiger partial charge in [-0.1, -0.05) is 13.3 Å². The van der Waals surface area contributed by atoms with E-state index in [2.05, 4.69) is 22.2 Å². The second kappa shape index (κ2) is 7.46. The van der Waals surface area contributed by atoms with Crippen molar-refractivity contribution in [3.8, 4) is 0 Å². The summed E-state index contributed by atoms with van der Waals surface area (Å²) in [6.07, 6.45) is 4.73. The van der Waals surface area contributed by atoms with Gasteiger partial charge in [0.25, 0.3) is 0 Å². The Morgan fingerprint density at radius 1 is 1.56 bits per heavy atom. The van der Waals surface area contributed by atoms with Gasteiger partial charge in [0.15, 0.2) is 0 Å². The summed E-state index contributed by atoms with van der Waals surface area (Å²) in [5.74, 6) is 6.34. The smallest absolute Gasteiger partial charge is 0.208 e. The zero-order chi connectivity index (χ0) is 11.8. The van der Waals surface area contributed by atoms with E-state index in [1.165, 1.54) is 12.8 Å². The lowest BCUT2D eigenvalue weighted by molar-refractivity contribution is 0.172. The molecule has 0 radical (unpaired) electrons. The van der Waals surface area contributed by atoms with E-state index < -0.39 is 0 Å². The van der Waals surface area contributed by atoms with Crippen LogP contribution in [0.25, 0.3) is 0 Å². The van der Waals surface area contributed by atoms with Crippen LogP contribution in [-0.2, 0) is 4.74 Å². The summed E-state index contributed by atoms with van der Waals surface area (Å²) >= 11 is 0. The van der Waals surface area contributed by atoms with Crippen LogP contribution in [0.3, 0.4) is 0 Å². The molecule has 0 amide bonds. The van der Waals surface area contributed by atoms with Crippen molar-refractivity contribution >= 4 is 5.96 Å². The van der Waals surface area contributed by atoms with Crippen LogP contribution in [0.1, 0.15) is 32.6 Å². The van der Waals surface area contributed by atoms with Gasteiger partial charge in [0, 0.05) is 26.2 Å². The first kappa shape index (κ1) is 13.3. The van der Waals surface area contributed by atoms with Crippen LogP contribution < -0.4 is 11.3 Å². The predicted octanol–water partition coefficient (Wildman–Crippen LogP) is 0.717. The molecule has 1 fully saturated rings. The molecule has 1 aliphatic carbocycles. The summed E-state index contributed by atoms with van der Waals surface area (Å²) in [4.78, 5) is 6.72. The standard InChI is InChI=1S/C11H24N4O/c1-3-4-7-13-11(14-12)15(8-9-16-2)10-5-6-10/h10H,3-9,12H2,1-2H3,(H,13,14). The van der Waals surface area contributed by atoms with Gasteiger partial charge in [-0.2, -0.15) is 0 Å². The molecule has 0 unspecified atom stereocenters. The van der Waals surface area contributed by atoms with Gasteiger partial charge in [0.1, 0.15) is 0 Å². The van der Waals surface area contributed by atoms with Crippen LogP contribution in [-0.4, -0.2) is 43.7 Å². The highest BCUT2D eigenvalue weighted by Gasteiger charge is 2.30. The van der Waals surface area contributed by atoms with Crippen LogP contribution in [0.2, 0.25) is 0 Å². The summed E-state index contributed by atoms with van der Waals surface area (Å²) in [6, 6.07) is 0.603. The number of rotatable bonds is 7. The van der Waals surface area contributed by atoms with Crippen molar-refractivity contribution in [3.05, 3.63) is 0 Å². The molecule has 0 aliphatic heterocycles. The van der Waals surface area contributed by atoms with E-state index in [-0.39, 0.29) is 0 Å². The molecule has 0 atom stereocenters. The summed E-state index contributed by atoms with van der Waals surface area (Å²) in [5.41, 5.74) is 2.71. The van der Waals surface area contributed by atoms with Crippen LogP contribution in [0.5, 0.6) is 0 Å². The van der Waals surface area contributed by atoms with Crippen molar-refractivity contribution in [1.82, 2.24) is 10.3 Å². The molecule has 3 N–H and O–H groups in total. The fourth-order valence-corrected chi connectivity index (χ4v) is 1.60. The molecule has 0 saturated heterocycles. The zero-order valence-electron chi connectivity index (χ0n) is 10.4. The molecule has 0 spiro atoms. The Morgan fingerprint density at radius 2 is 2.31 bits per heavy atom. The van der Waals surface area contributed by atoms with Crippen molar-refractivity contribution in [2.75, 3.05) is 26.8 Å². The summed E-state index contributed by atoms with van der Waals surface area (Å²) in [6.45, 7) is 4.57. The molecule has 0 aromatic carbocycles. The Kier molecular flexibility index (Phi) is 6.18. The van der Waals surface area contributed by atoms with Gasteiger partial charge in [-0.3, -0.25) is 10.4 Å². The van der Waals surface area contributed by atoms with E-state index in [0.29, 0.717) is 12.6 Å². The first-order valence-electron chi connectivity index (χ1n) is 6.10. The number of nitrogens with one attached hydrogen (secondary N) is 1. The monoisotopic (exact) mass is 228 g/mol. The van der Waals surface area contributed by atoms with Crippen molar-refractivity contribution in [1.29, 1.82) is 0 Å². The molecule has 5 nitrogen and oxygen atoms in total. The molecular weight excluding hydrogens is 204 g/mol. The van der Waals surface area contributed by atoms with E-state index in [1.807, 2.05) is 0 Å². The lowest BCUT2D eigenvalue weighted by Gasteiger charge is -2.25. The number of hydrazine groups is 1. The van der Waals surface area contributed by atoms with Crippen molar-refractivity contribution in [2.24, 2.45) is 10.8 Å². The van der Waals surface area contributed by atoms with Gasteiger partial charge >= 0.3 is 0 Å². The number of hydrogen-bond donors (Lipinski definition) is 2. The topological polar surface area (TPSA) is 62.9 Å². The molecule has 0 heterocycles. The first-order chi connectivity index (χ1) is 7.83. The summed E-state index contributed by atoms with van der Waals surface area (Å²) in [5, 5.41) is 0. The molecule has 16 heavy (non-hydrogen) atoms. The van der Waals surface area contributed by atoms with E-state index in [9.17, 15) is 0 Å². The minimum Gasteiger partial charge on any atom is -0.383 e. The quantitative estimate of drug-likeness (QED) is 0.221. The Bertz CT molecular complexity index is 216. The normalized spacial score (nSPS) is 16.3. The van der Waals surface area contributed by atoms with Crippen molar-refractivity contribution in [2.45, 2.75) is 38.6 Å². The summed E-state index contributed by atoms with van der Waals surface area (Å²) in [7, 11) is 1.72. The Hall–Kier alpha value is -0.810. The predicted molar refractivity (Wildman–Crippen MR) is 66.1 cm³/mol. The highest BCUT2D eigenvalue weighted by Crippen LogP contribution is 2.26. The van der Waals surface area contributed by atoms with Gasteiger partial charge in [0.2, 0.25) is 5.96 Å². The minimum absolute atomic E-state index is 0.603. The van der Waals surface area contributed by atoms with Crippen LogP contribution >= 0.6 is 0 Å². The Morgan fingerprint density at radius 3 is 2.81 bits per heavy atom. The second-order valence-corrected chi connectivity index (χ2v) is 4.12. The van der Waals surface area contributed by atoms with Gasteiger partial charge in [-0.15, -0.1) is 0 Å². The Labute approximate surface area is 98.0 Å². The molecule has 5 heteroatoms. The highest BCUT2D eigenvalue weighted by molar-refractivity contribution is 5.80. The van der Waals surface area contributed by atoms with Gasteiger partial charge < -0.3 is 9.64 Å². The lowest BCUT2D eigenvalue weighted by atomic mass is 10.3. The van der Waals surface area contributed by atoms with Crippen molar-refractivity contribution in [3.63, 3.8) is 0 Å². The van der Waals surface area contributed by atoms with E-state index in [0.717, 1.165) is 31.9 Å². The highest BCUT2D eigenvalue weighted by atomic mass is 16.5. The number of unbranched alkanes of at least 4 members (excludes halogenated alkanes) is 1. The number of nitrogens with zero attached hydrogens (tertiary/aromatic N) is 2. The summed E-state index contributed by atoms with van der Waals surface area (Å²) < 4.78 is 5.11. The van der Waals surface area contributed by atoms with Crippen LogP contribution in [0.4, 0.5) is 0 Å². The average molecular weight is 228 g/mol. The number of hydrogen-bond acceptors (Lipinski definition) is 3. The number of guanidine groups is 1. The number of methoxy groups -OCH3 is 1. The first-order valence-corrected chi connectivity index (χ1v) is 6.10. The number of ether oxygens (including phenoxy) is 1. The van der Waals surface area contributed by atoms with E-state index in [1.54, 1.807) is 7.11 Å². The third kappa shape index (κ3) is 4.37. The molecule has 94 valence electrons. The number of aliphatic imine (C=N–C) groups is 1. The molecule has 0 bridgehead atoms. The van der Waals surface area contributed by atoms with E-state index in [4.69, 9.17) is 10.6 Å². The average Bonchev–Trinajstić information content (AvgIpc) is 3.11. The maximum atomic E-state index is 5.53. The molecule has 1 saturated carbocycles. The maximum Gasteiger partial charge on any atom is 0.208 e. The fraction of sp³-hybridized carbons (Fsp3) is 0.909. The molecule has 0 aromatic heterocycles. The van der Waals surface area contributed by atoms with Gasteiger partial charge in [0.05, 0.1) is 6.61 Å². The van der Waals surface area contributed by atoms with Crippen LogP contribution in [0, 0.1) is 0 Å².